The van der Waals surface area contributed by atoms with Gasteiger partial charge in [-0.05, 0) is 13.0 Å². The van der Waals surface area contributed by atoms with Crippen molar-refractivity contribution in [3.63, 3.8) is 0 Å². The molecule has 0 fully saturated rings. The molecule has 1 heterocycles. The molecule has 17 heavy (non-hydrogen) atoms. The minimum Gasteiger partial charge on any atom is -0.394 e. The number of aromatic nitrogens is 1. The van der Waals surface area contributed by atoms with Crippen molar-refractivity contribution >= 4 is 11.5 Å². The van der Waals surface area contributed by atoms with Crippen LogP contribution in [0.25, 0.3) is 0 Å². The minimum absolute atomic E-state index is 0.120. The van der Waals surface area contributed by atoms with Crippen LogP contribution in [0, 0.1) is 17.0 Å². The van der Waals surface area contributed by atoms with E-state index in [1.165, 1.54) is 13.2 Å². The Morgan fingerprint density at radius 1 is 1.65 bits per heavy atom. The molecule has 0 radical (unpaired) electrons. The fourth-order valence-electron chi connectivity index (χ4n) is 1.34. The molecule has 1 atom stereocenters. The second kappa shape index (κ2) is 6.12. The average Bonchev–Trinajstić information content (AvgIpc) is 2.28. The van der Waals surface area contributed by atoms with Crippen LogP contribution in [0.3, 0.4) is 0 Å². The Morgan fingerprint density at radius 3 is 2.88 bits per heavy atom. The van der Waals surface area contributed by atoms with Gasteiger partial charge in [-0.15, -0.1) is 0 Å². The fourth-order valence-corrected chi connectivity index (χ4v) is 1.34. The van der Waals surface area contributed by atoms with Crippen molar-refractivity contribution in [2.45, 2.75) is 13.0 Å². The molecule has 1 aromatic heterocycles. The summed E-state index contributed by atoms with van der Waals surface area (Å²) in [6, 6.07) is 2.52. The molecule has 7 heteroatoms. The summed E-state index contributed by atoms with van der Waals surface area (Å²) >= 11 is 0. The van der Waals surface area contributed by atoms with Gasteiger partial charge in [0.1, 0.15) is 0 Å². The highest BCUT2D eigenvalue weighted by Crippen LogP contribution is 2.22. The van der Waals surface area contributed by atoms with Gasteiger partial charge < -0.3 is 15.2 Å². The number of hydrogen-bond acceptors (Lipinski definition) is 6. The van der Waals surface area contributed by atoms with E-state index in [1.807, 2.05) is 0 Å². The molecule has 0 aliphatic carbocycles. The molecule has 2 N–H and O–H groups in total. The minimum atomic E-state index is -0.518. The predicted octanol–water partition coefficient (Wildman–Crippen LogP) is 0.717. The lowest BCUT2D eigenvalue weighted by Crippen LogP contribution is -2.29. The van der Waals surface area contributed by atoms with Gasteiger partial charge in [0.2, 0.25) is 5.82 Å². The number of anilines is 1. The fraction of sp³-hybridized carbons (Fsp3) is 0.500. The number of nitro groups is 1. The van der Waals surface area contributed by atoms with Crippen molar-refractivity contribution in [2.75, 3.05) is 25.6 Å². The van der Waals surface area contributed by atoms with Gasteiger partial charge in [0.25, 0.3) is 0 Å². The average molecular weight is 241 g/mol. The van der Waals surface area contributed by atoms with E-state index in [0.717, 1.165) is 0 Å². The highest BCUT2D eigenvalue weighted by Gasteiger charge is 2.18. The topological polar surface area (TPSA) is 97.5 Å². The zero-order valence-corrected chi connectivity index (χ0v) is 9.71. The zero-order valence-electron chi connectivity index (χ0n) is 9.71. The van der Waals surface area contributed by atoms with E-state index in [-0.39, 0.29) is 24.7 Å². The molecular formula is C10H15N3O4. The van der Waals surface area contributed by atoms with E-state index < -0.39 is 11.0 Å². The zero-order chi connectivity index (χ0) is 12.8. The van der Waals surface area contributed by atoms with Crippen LogP contribution < -0.4 is 5.32 Å². The second-order valence-electron chi connectivity index (χ2n) is 3.56. The molecule has 0 aliphatic rings. The van der Waals surface area contributed by atoms with Crippen LogP contribution in [0.5, 0.6) is 0 Å². The summed E-state index contributed by atoms with van der Waals surface area (Å²) in [4.78, 5) is 14.3. The van der Waals surface area contributed by atoms with Gasteiger partial charge in [0.15, 0.2) is 0 Å². The van der Waals surface area contributed by atoms with E-state index in [0.29, 0.717) is 5.69 Å². The SMILES string of the molecule is COCC(CO)Nc1nc(C)ccc1[N+](=O)[O-]. The van der Waals surface area contributed by atoms with Crippen LogP contribution in [0.4, 0.5) is 11.5 Å². The molecule has 0 bridgehead atoms. The van der Waals surface area contributed by atoms with Crippen LogP contribution >= 0.6 is 0 Å². The third kappa shape index (κ3) is 3.65. The van der Waals surface area contributed by atoms with Crippen LogP contribution in [-0.2, 0) is 4.74 Å². The molecule has 0 amide bonds. The predicted molar refractivity (Wildman–Crippen MR) is 62.0 cm³/mol. The lowest BCUT2D eigenvalue weighted by atomic mass is 10.3. The summed E-state index contributed by atoms with van der Waals surface area (Å²) in [6.45, 7) is 1.78. The van der Waals surface area contributed by atoms with Gasteiger partial charge in [0.05, 0.1) is 24.2 Å². The largest absolute Gasteiger partial charge is 0.394 e. The quantitative estimate of drug-likeness (QED) is 0.562. The van der Waals surface area contributed by atoms with E-state index in [9.17, 15) is 10.1 Å². The Hall–Kier alpha value is -1.73. The highest BCUT2D eigenvalue weighted by molar-refractivity contribution is 5.56. The number of pyridine rings is 1. The van der Waals surface area contributed by atoms with E-state index in [1.54, 1.807) is 13.0 Å². The van der Waals surface area contributed by atoms with Crippen molar-refractivity contribution < 1.29 is 14.8 Å². The van der Waals surface area contributed by atoms with Gasteiger partial charge in [-0.25, -0.2) is 4.98 Å². The monoisotopic (exact) mass is 241 g/mol. The lowest BCUT2D eigenvalue weighted by Gasteiger charge is -2.15. The molecule has 7 nitrogen and oxygen atoms in total. The van der Waals surface area contributed by atoms with Crippen LogP contribution in [0.15, 0.2) is 12.1 Å². The molecule has 1 rings (SSSR count). The normalized spacial score (nSPS) is 12.2. The van der Waals surface area contributed by atoms with Crippen molar-refractivity contribution in [2.24, 2.45) is 0 Å². The van der Waals surface area contributed by atoms with Gasteiger partial charge in [-0.1, -0.05) is 0 Å². The number of ether oxygens (including phenoxy) is 1. The van der Waals surface area contributed by atoms with Crippen molar-refractivity contribution in [1.82, 2.24) is 4.98 Å². The van der Waals surface area contributed by atoms with Gasteiger partial charge in [0, 0.05) is 18.9 Å². The first-order valence-electron chi connectivity index (χ1n) is 5.06. The maximum atomic E-state index is 10.8. The van der Waals surface area contributed by atoms with Crippen molar-refractivity contribution in [3.05, 3.63) is 27.9 Å². The lowest BCUT2D eigenvalue weighted by molar-refractivity contribution is -0.384. The number of aryl methyl sites for hydroxylation is 1. The van der Waals surface area contributed by atoms with Gasteiger partial charge in [-0.3, -0.25) is 10.1 Å². The van der Waals surface area contributed by atoms with Crippen molar-refractivity contribution in [3.8, 4) is 0 Å². The number of methoxy groups -OCH3 is 1. The Labute approximate surface area is 98.6 Å². The summed E-state index contributed by atoms with van der Waals surface area (Å²) < 4.78 is 4.88. The molecule has 0 saturated heterocycles. The van der Waals surface area contributed by atoms with Crippen LogP contribution in [0.2, 0.25) is 0 Å². The Balaban J connectivity index is 2.94. The Bertz CT molecular complexity index is 397. The molecule has 1 aromatic rings. The first kappa shape index (κ1) is 13.3. The van der Waals surface area contributed by atoms with E-state index in [4.69, 9.17) is 9.84 Å². The summed E-state index contributed by atoms with van der Waals surface area (Å²) in [5.41, 5.74) is 0.539. The third-order valence-electron chi connectivity index (χ3n) is 2.14. The highest BCUT2D eigenvalue weighted by atomic mass is 16.6. The molecule has 94 valence electrons. The summed E-state index contributed by atoms with van der Waals surface area (Å²) in [5.74, 6) is 0.145. The first-order chi connectivity index (χ1) is 8.08. The summed E-state index contributed by atoms with van der Waals surface area (Å²) in [6.07, 6.45) is 0. The second-order valence-corrected chi connectivity index (χ2v) is 3.56. The van der Waals surface area contributed by atoms with Crippen molar-refractivity contribution in [1.29, 1.82) is 0 Å². The van der Waals surface area contributed by atoms with Gasteiger partial charge in [-0.2, -0.15) is 0 Å². The molecular weight excluding hydrogens is 226 g/mol. The number of nitrogens with one attached hydrogen (secondary N) is 1. The number of aliphatic hydroxyl groups excluding tert-OH is 1. The molecule has 0 saturated carbocycles. The number of nitrogens with zero attached hydrogens (tertiary/aromatic N) is 2. The molecule has 1 unspecified atom stereocenters. The number of hydrogen-bond donors (Lipinski definition) is 2. The maximum absolute atomic E-state index is 10.8. The standard InChI is InChI=1S/C10H15N3O4/c1-7-3-4-9(13(15)16)10(11-7)12-8(5-14)6-17-2/h3-4,8,14H,5-6H2,1-2H3,(H,11,12). The molecule has 0 aromatic carbocycles. The summed E-state index contributed by atoms with van der Waals surface area (Å²) in [5, 5.41) is 22.7. The Morgan fingerprint density at radius 2 is 2.35 bits per heavy atom. The number of rotatable bonds is 6. The van der Waals surface area contributed by atoms with E-state index in [2.05, 4.69) is 10.3 Å². The smallest absolute Gasteiger partial charge is 0.311 e. The van der Waals surface area contributed by atoms with Crippen LogP contribution in [-0.4, -0.2) is 41.4 Å². The first-order valence-corrected chi connectivity index (χ1v) is 5.06. The van der Waals surface area contributed by atoms with Gasteiger partial charge >= 0.3 is 5.69 Å². The molecule has 0 spiro atoms. The summed E-state index contributed by atoms with van der Waals surface area (Å²) in [7, 11) is 1.49. The maximum Gasteiger partial charge on any atom is 0.311 e. The number of aliphatic hydroxyl groups is 1. The molecule has 0 aliphatic heterocycles. The van der Waals surface area contributed by atoms with Crippen LogP contribution in [0.1, 0.15) is 5.69 Å². The third-order valence-corrected chi connectivity index (χ3v) is 2.14. The Kier molecular flexibility index (Phi) is 4.80. The van der Waals surface area contributed by atoms with E-state index >= 15 is 0 Å².